The Balaban J connectivity index is 1.98. The van der Waals surface area contributed by atoms with Crippen LogP contribution in [0.4, 0.5) is 0 Å². The predicted octanol–water partition coefficient (Wildman–Crippen LogP) is 4.58. The van der Waals surface area contributed by atoms with Crippen molar-refractivity contribution < 1.29 is 14.3 Å². The monoisotopic (exact) mass is 417 g/mol. The normalized spacial score (nSPS) is 11.8. The molecule has 1 N–H and O–H groups in total. The Morgan fingerprint density at radius 3 is 2.46 bits per heavy atom. The lowest BCUT2D eigenvalue weighted by molar-refractivity contribution is -0.148. The molecule has 0 radical (unpaired) electrons. The van der Waals surface area contributed by atoms with Crippen molar-refractivity contribution in [2.45, 2.75) is 45.3 Å². The maximum absolute atomic E-state index is 12.4. The van der Waals surface area contributed by atoms with E-state index < -0.39 is 6.04 Å². The van der Waals surface area contributed by atoms with Gasteiger partial charge in [0.1, 0.15) is 0 Å². The number of hydrogen-bond donors (Lipinski definition) is 1. The lowest BCUT2D eigenvalue weighted by Gasteiger charge is -2.19. The van der Waals surface area contributed by atoms with Gasteiger partial charge in [0.05, 0.1) is 18.6 Å². The van der Waals surface area contributed by atoms with E-state index in [1.165, 1.54) is 0 Å². The molecule has 0 aliphatic heterocycles. The van der Waals surface area contributed by atoms with Gasteiger partial charge in [-0.15, -0.1) is 0 Å². The molecule has 0 aromatic heterocycles. The van der Waals surface area contributed by atoms with Gasteiger partial charge in [0, 0.05) is 10.9 Å². The minimum absolute atomic E-state index is 0.0869. The van der Waals surface area contributed by atoms with Gasteiger partial charge in [0.25, 0.3) is 0 Å². The summed E-state index contributed by atoms with van der Waals surface area (Å²) in [6, 6.07) is 17.0. The Morgan fingerprint density at radius 2 is 1.81 bits per heavy atom. The summed E-state index contributed by atoms with van der Waals surface area (Å²) in [6.07, 6.45) is 0.943. The summed E-state index contributed by atoms with van der Waals surface area (Å²) >= 11 is 3.43. The highest BCUT2D eigenvalue weighted by Gasteiger charge is 2.19. The molecule has 26 heavy (non-hydrogen) atoms. The summed E-state index contributed by atoms with van der Waals surface area (Å²) in [5.74, 6) is -0.405. The molecule has 0 saturated heterocycles. The summed E-state index contributed by atoms with van der Waals surface area (Å²) in [5.41, 5.74) is 1.98. The fourth-order valence-electron chi connectivity index (χ4n) is 2.63. The molecule has 0 bridgehead atoms. The Morgan fingerprint density at radius 1 is 1.08 bits per heavy atom. The van der Waals surface area contributed by atoms with Crippen molar-refractivity contribution in [3.63, 3.8) is 0 Å². The average Bonchev–Trinajstić information content (AvgIpc) is 2.59. The highest BCUT2D eigenvalue weighted by Crippen LogP contribution is 2.18. The van der Waals surface area contributed by atoms with Crippen LogP contribution < -0.4 is 5.32 Å². The van der Waals surface area contributed by atoms with Crippen molar-refractivity contribution in [3.8, 4) is 0 Å². The first-order chi connectivity index (χ1) is 12.4. The molecular formula is C21H24BrNO3. The molecule has 1 amide bonds. The van der Waals surface area contributed by atoms with Crippen molar-refractivity contribution in [1.82, 2.24) is 5.32 Å². The summed E-state index contributed by atoms with van der Waals surface area (Å²) in [4.78, 5) is 24.5. The van der Waals surface area contributed by atoms with E-state index in [1.807, 2.05) is 68.4 Å². The molecule has 0 aliphatic carbocycles. The number of aryl methyl sites for hydroxylation is 1. The van der Waals surface area contributed by atoms with Gasteiger partial charge in [-0.1, -0.05) is 58.4 Å². The van der Waals surface area contributed by atoms with Gasteiger partial charge in [-0.2, -0.15) is 0 Å². The van der Waals surface area contributed by atoms with Gasteiger partial charge < -0.3 is 10.1 Å². The van der Waals surface area contributed by atoms with E-state index in [4.69, 9.17) is 4.74 Å². The lowest BCUT2D eigenvalue weighted by atomic mass is 10.0. The van der Waals surface area contributed by atoms with E-state index in [9.17, 15) is 9.59 Å². The number of rotatable bonds is 8. The number of nitrogens with one attached hydrogen (secondary N) is 1. The molecule has 0 heterocycles. The maximum Gasteiger partial charge on any atom is 0.308 e. The van der Waals surface area contributed by atoms with Crippen LogP contribution in [0.3, 0.4) is 0 Å². The van der Waals surface area contributed by atoms with Gasteiger partial charge in [-0.05, 0) is 43.5 Å². The molecule has 5 heteroatoms. The third-order valence-electron chi connectivity index (χ3n) is 3.80. The number of benzene rings is 2. The Labute approximate surface area is 163 Å². The van der Waals surface area contributed by atoms with Crippen molar-refractivity contribution in [1.29, 1.82) is 0 Å². The molecule has 2 rings (SSSR count). The SMILES string of the molecule is CC(C)OC(=O)CC(NC(=O)CCc1cccc(Br)c1)c1ccccc1. The number of carbonyl (C=O) groups excluding carboxylic acids is 2. The van der Waals surface area contributed by atoms with Crippen LogP contribution in [0.2, 0.25) is 0 Å². The Kier molecular flexibility index (Phi) is 7.85. The molecule has 2 aromatic carbocycles. The molecule has 2 aromatic rings. The zero-order valence-corrected chi connectivity index (χ0v) is 16.7. The smallest absolute Gasteiger partial charge is 0.308 e. The number of hydrogen-bond acceptors (Lipinski definition) is 3. The van der Waals surface area contributed by atoms with E-state index in [0.29, 0.717) is 12.8 Å². The molecule has 138 valence electrons. The van der Waals surface area contributed by atoms with Gasteiger partial charge in [-0.25, -0.2) is 0 Å². The minimum atomic E-state index is -0.391. The first-order valence-electron chi connectivity index (χ1n) is 8.72. The average molecular weight is 418 g/mol. The lowest BCUT2D eigenvalue weighted by Crippen LogP contribution is -2.31. The second-order valence-corrected chi connectivity index (χ2v) is 7.32. The molecule has 0 saturated carbocycles. The molecule has 4 nitrogen and oxygen atoms in total. The fourth-order valence-corrected chi connectivity index (χ4v) is 3.08. The van der Waals surface area contributed by atoms with Crippen LogP contribution >= 0.6 is 15.9 Å². The second-order valence-electron chi connectivity index (χ2n) is 6.40. The quantitative estimate of drug-likeness (QED) is 0.639. The van der Waals surface area contributed by atoms with E-state index in [2.05, 4.69) is 21.2 Å². The van der Waals surface area contributed by atoms with Crippen molar-refractivity contribution in [2.75, 3.05) is 0 Å². The summed E-state index contributed by atoms with van der Waals surface area (Å²) in [5, 5.41) is 2.97. The number of amides is 1. The van der Waals surface area contributed by atoms with Gasteiger partial charge in [0.2, 0.25) is 5.91 Å². The summed E-state index contributed by atoms with van der Waals surface area (Å²) < 4.78 is 6.23. The van der Waals surface area contributed by atoms with Gasteiger partial charge >= 0.3 is 5.97 Å². The number of ether oxygens (including phenoxy) is 1. The highest BCUT2D eigenvalue weighted by molar-refractivity contribution is 9.10. The topological polar surface area (TPSA) is 55.4 Å². The zero-order chi connectivity index (χ0) is 18.9. The van der Waals surface area contributed by atoms with Crippen molar-refractivity contribution in [2.24, 2.45) is 0 Å². The van der Waals surface area contributed by atoms with Crippen LogP contribution in [0.5, 0.6) is 0 Å². The number of halogens is 1. The largest absolute Gasteiger partial charge is 0.463 e. The number of esters is 1. The Hall–Kier alpha value is -2.14. The standard InChI is InChI=1S/C21H24BrNO3/c1-15(2)26-21(25)14-19(17-8-4-3-5-9-17)23-20(24)12-11-16-7-6-10-18(22)13-16/h3-10,13,15,19H,11-12,14H2,1-2H3,(H,23,24). The van der Waals surface area contributed by atoms with Gasteiger partial charge in [-0.3, -0.25) is 9.59 Å². The van der Waals surface area contributed by atoms with E-state index in [0.717, 1.165) is 15.6 Å². The van der Waals surface area contributed by atoms with Crippen LogP contribution in [0.25, 0.3) is 0 Å². The molecule has 1 unspecified atom stereocenters. The van der Waals surface area contributed by atoms with Crippen LogP contribution in [0, 0.1) is 0 Å². The van der Waals surface area contributed by atoms with E-state index in [-0.39, 0.29) is 24.4 Å². The first kappa shape index (κ1) is 20.2. The van der Waals surface area contributed by atoms with Crippen LogP contribution in [0.15, 0.2) is 59.1 Å². The zero-order valence-electron chi connectivity index (χ0n) is 15.1. The number of carbonyl (C=O) groups is 2. The van der Waals surface area contributed by atoms with Crippen molar-refractivity contribution >= 4 is 27.8 Å². The van der Waals surface area contributed by atoms with Gasteiger partial charge in [0.15, 0.2) is 0 Å². The van der Waals surface area contributed by atoms with E-state index >= 15 is 0 Å². The molecular weight excluding hydrogens is 394 g/mol. The van der Waals surface area contributed by atoms with Crippen LogP contribution in [-0.4, -0.2) is 18.0 Å². The molecule has 0 spiro atoms. The van der Waals surface area contributed by atoms with E-state index in [1.54, 1.807) is 0 Å². The maximum atomic E-state index is 12.4. The van der Waals surface area contributed by atoms with Crippen LogP contribution in [-0.2, 0) is 20.7 Å². The minimum Gasteiger partial charge on any atom is -0.463 e. The molecule has 0 fully saturated rings. The van der Waals surface area contributed by atoms with Crippen LogP contribution in [0.1, 0.15) is 43.9 Å². The summed E-state index contributed by atoms with van der Waals surface area (Å²) in [6.45, 7) is 3.62. The molecule has 1 atom stereocenters. The Bertz CT molecular complexity index is 731. The molecule has 0 aliphatic rings. The second kappa shape index (κ2) is 10.1. The van der Waals surface area contributed by atoms with Crippen molar-refractivity contribution in [3.05, 3.63) is 70.2 Å². The first-order valence-corrected chi connectivity index (χ1v) is 9.51. The highest BCUT2D eigenvalue weighted by atomic mass is 79.9. The predicted molar refractivity (Wildman–Crippen MR) is 106 cm³/mol. The third kappa shape index (κ3) is 7.00. The third-order valence-corrected chi connectivity index (χ3v) is 4.30. The summed E-state index contributed by atoms with van der Waals surface area (Å²) in [7, 11) is 0. The fraction of sp³-hybridized carbons (Fsp3) is 0.333.